The molecule has 0 fully saturated rings. The van der Waals surface area contributed by atoms with Gasteiger partial charge in [0, 0.05) is 6.08 Å². The van der Waals surface area contributed by atoms with E-state index in [4.69, 9.17) is 9.84 Å². The van der Waals surface area contributed by atoms with Gasteiger partial charge in [-0.3, -0.25) is 4.79 Å². The highest BCUT2D eigenvalue weighted by Gasteiger charge is 2.23. The van der Waals surface area contributed by atoms with Gasteiger partial charge in [-0.1, -0.05) is 38.7 Å². The van der Waals surface area contributed by atoms with Gasteiger partial charge < -0.3 is 14.3 Å². The molecule has 0 rings (SSSR count). The molecule has 128 valence electrons. The molecule has 0 radical (unpaired) electrons. The maximum Gasteiger partial charge on any atom is 0.330 e. The van der Waals surface area contributed by atoms with Crippen LogP contribution in [0.3, 0.4) is 0 Å². The molecule has 0 aliphatic rings. The maximum atomic E-state index is 11.7. The standard InChI is InChI=1S/C17H31NO4/c1-5-6-7-8-9-10-11-12-17(21)22-15(13-16(19)20)14-18(2,3)4/h11-12,15H,5-10,13-14H2,1-4H3/p+1. The van der Waals surface area contributed by atoms with Gasteiger partial charge in [-0.25, -0.2) is 4.79 Å². The van der Waals surface area contributed by atoms with Crippen LogP contribution in [0.1, 0.15) is 51.9 Å². The molecule has 0 amide bonds. The van der Waals surface area contributed by atoms with Crippen molar-refractivity contribution in [1.29, 1.82) is 0 Å². The van der Waals surface area contributed by atoms with Crippen LogP contribution in [0, 0.1) is 0 Å². The first-order valence-electron chi connectivity index (χ1n) is 8.14. The Balaban J connectivity index is 4.13. The molecule has 1 unspecified atom stereocenters. The van der Waals surface area contributed by atoms with Crippen LogP contribution in [-0.2, 0) is 14.3 Å². The van der Waals surface area contributed by atoms with E-state index in [0.717, 1.165) is 12.8 Å². The van der Waals surface area contributed by atoms with E-state index in [-0.39, 0.29) is 6.42 Å². The second kappa shape index (κ2) is 11.2. The summed E-state index contributed by atoms with van der Waals surface area (Å²) < 4.78 is 5.81. The monoisotopic (exact) mass is 314 g/mol. The molecule has 5 heteroatoms. The third kappa shape index (κ3) is 13.6. The summed E-state index contributed by atoms with van der Waals surface area (Å²) in [5.41, 5.74) is 0. The number of hydrogen-bond donors (Lipinski definition) is 1. The normalized spacial score (nSPS) is 13.3. The van der Waals surface area contributed by atoms with Gasteiger partial charge in [0.1, 0.15) is 6.54 Å². The summed E-state index contributed by atoms with van der Waals surface area (Å²) in [6.07, 6.45) is 9.30. The predicted octanol–water partition coefficient (Wildman–Crippen LogP) is 3.00. The fourth-order valence-corrected chi connectivity index (χ4v) is 2.20. The molecule has 0 saturated heterocycles. The van der Waals surface area contributed by atoms with Gasteiger partial charge in [0.15, 0.2) is 6.10 Å². The van der Waals surface area contributed by atoms with Crippen molar-refractivity contribution in [3.63, 3.8) is 0 Å². The van der Waals surface area contributed by atoms with Crippen molar-refractivity contribution in [1.82, 2.24) is 0 Å². The zero-order valence-corrected chi connectivity index (χ0v) is 14.5. The van der Waals surface area contributed by atoms with E-state index in [1.54, 1.807) is 0 Å². The Bertz CT molecular complexity index is 358. The highest BCUT2D eigenvalue weighted by atomic mass is 16.5. The quantitative estimate of drug-likeness (QED) is 0.260. The first-order chi connectivity index (χ1) is 10.2. The summed E-state index contributed by atoms with van der Waals surface area (Å²) >= 11 is 0. The van der Waals surface area contributed by atoms with Crippen LogP contribution in [0.2, 0.25) is 0 Å². The lowest BCUT2D eigenvalue weighted by molar-refractivity contribution is -0.873. The number of hydrogen-bond acceptors (Lipinski definition) is 3. The number of carbonyl (C=O) groups is 2. The molecular weight excluding hydrogens is 282 g/mol. The van der Waals surface area contributed by atoms with Crippen molar-refractivity contribution in [2.45, 2.75) is 58.0 Å². The Hall–Kier alpha value is -1.36. The zero-order valence-electron chi connectivity index (χ0n) is 14.5. The van der Waals surface area contributed by atoms with E-state index in [1.807, 2.05) is 27.2 Å². The summed E-state index contributed by atoms with van der Waals surface area (Å²) in [6, 6.07) is 0. The van der Waals surface area contributed by atoms with E-state index in [0.29, 0.717) is 11.0 Å². The van der Waals surface area contributed by atoms with Crippen molar-refractivity contribution >= 4 is 11.9 Å². The molecule has 0 saturated carbocycles. The molecule has 0 aromatic carbocycles. The maximum absolute atomic E-state index is 11.7. The Morgan fingerprint density at radius 2 is 1.77 bits per heavy atom. The van der Waals surface area contributed by atoms with Crippen LogP contribution < -0.4 is 0 Å². The molecule has 0 bridgehead atoms. The molecule has 5 nitrogen and oxygen atoms in total. The molecule has 1 N–H and O–H groups in total. The Morgan fingerprint density at radius 3 is 2.32 bits per heavy atom. The van der Waals surface area contributed by atoms with Gasteiger partial charge >= 0.3 is 11.9 Å². The molecule has 0 aliphatic carbocycles. The Morgan fingerprint density at radius 1 is 1.14 bits per heavy atom. The molecule has 0 spiro atoms. The largest absolute Gasteiger partial charge is 0.481 e. The molecule has 0 heterocycles. The van der Waals surface area contributed by atoms with Gasteiger partial charge in [0.05, 0.1) is 27.6 Å². The summed E-state index contributed by atoms with van der Waals surface area (Å²) in [5.74, 6) is -1.40. The first kappa shape index (κ1) is 20.6. The van der Waals surface area contributed by atoms with Gasteiger partial charge in [0.2, 0.25) is 0 Å². The lowest BCUT2D eigenvalue weighted by Crippen LogP contribution is -2.43. The second-order valence-electron chi connectivity index (χ2n) is 6.73. The minimum Gasteiger partial charge on any atom is -0.481 e. The average Bonchev–Trinajstić information content (AvgIpc) is 2.34. The van der Waals surface area contributed by atoms with Crippen molar-refractivity contribution in [3.8, 4) is 0 Å². The lowest BCUT2D eigenvalue weighted by atomic mass is 10.1. The highest BCUT2D eigenvalue weighted by molar-refractivity contribution is 5.82. The number of unbranched alkanes of at least 4 members (excludes halogenated alkanes) is 5. The number of ether oxygens (including phenoxy) is 1. The lowest BCUT2D eigenvalue weighted by Gasteiger charge is -2.28. The molecule has 22 heavy (non-hydrogen) atoms. The van der Waals surface area contributed by atoms with Crippen molar-refractivity contribution < 1.29 is 23.9 Å². The number of esters is 1. The number of aliphatic carboxylic acids is 1. The number of rotatable bonds is 12. The molecule has 1 atom stereocenters. The summed E-state index contributed by atoms with van der Waals surface area (Å²) in [6.45, 7) is 2.66. The minimum atomic E-state index is -0.953. The van der Waals surface area contributed by atoms with E-state index in [1.165, 1.54) is 31.8 Å². The van der Waals surface area contributed by atoms with Crippen LogP contribution in [0.4, 0.5) is 0 Å². The van der Waals surface area contributed by atoms with Crippen LogP contribution in [0.15, 0.2) is 12.2 Å². The van der Waals surface area contributed by atoms with Crippen molar-refractivity contribution in [3.05, 3.63) is 12.2 Å². The van der Waals surface area contributed by atoms with Crippen LogP contribution in [0.5, 0.6) is 0 Å². The number of quaternary nitrogens is 1. The van der Waals surface area contributed by atoms with Crippen molar-refractivity contribution in [2.24, 2.45) is 0 Å². The van der Waals surface area contributed by atoms with Crippen LogP contribution >= 0.6 is 0 Å². The number of nitrogens with zero attached hydrogens (tertiary/aromatic N) is 1. The molecule has 0 aromatic heterocycles. The summed E-state index contributed by atoms with van der Waals surface area (Å²) in [5, 5.41) is 8.89. The smallest absolute Gasteiger partial charge is 0.330 e. The van der Waals surface area contributed by atoms with Crippen LogP contribution in [0.25, 0.3) is 0 Å². The summed E-state index contributed by atoms with van der Waals surface area (Å²) in [7, 11) is 5.82. The topological polar surface area (TPSA) is 63.6 Å². The van der Waals surface area contributed by atoms with Crippen molar-refractivity contribution in [2.75, 3.05) is 27.7 Å². The Labute approximate surface area is 134 Å². The van der Waals surface area contributed by atoms with Gasteiger partial charge in [0.25, 0.3) is 0 Å². The molecule has 0 aromatic rings. The van der Waals surface area contributed by atoms with Gasteiger partial charge in [-0.05, 0) is 12.8 Å². The summed E-state index contributed by atoms with van der Waals surface area (Å²) in [4.78, 5) is 22.6. The number of carboxylic acids is 1. The first-order valence-corrected chi connectivity index (χ1v) is 8.14. The highest BCUT2D eigenvalue weighted by Crippen LogP contribution is 2.07. The van der Waals surface area contributed by atoms with E-state index >= 15 is 0 Å². The fourth-order valence-electron chi connectivity index (χ4n) is 2.20. The van der Waals surface area contributed by atoms with E-state index in [2.05, 4.69) is 6.92 Å². The number of allylic oxidation sites excluding steroid dienone is 1. The SMILES string of the molecule is CCCCCCCC=CC(=O)OC(CC(=O)O)C[N+](C)(C)C. The third-order valence-electron chi connectivity index (χ3n) is 3.16. The number of likely N-dealkylation sites (N-methyl/N-ethyl adjacent to an activating group) is 1. The minimum absolute atomic E-state index is 0.161. The predicted molar refractivity (Wildman–Crippen MR) is 87.5 cm³/mol. The zero-order chi connectivity index (χ0) is 17.0. The fraction of sp³-hybridized carbons (Fsp3) is 0.765. The average molecular weight is 314 g/mol. The third-order valence-corrected chi connectivity index (χ3v) is 3.16. The number of carboxylic acid groups (broad SMARTS) is 1. The van der Waals surface area contributed by atoms with Gasteiger partial charge in [-0.2, -0.15) is 0 Å². The number of carbonyl (C=O) groups excluding carboxylic acids is 1. The van der Waals surface area contributed by atoms with E-state index in [9.17, 15) is 9.59 Å². The van der Waals surface area contributed by atoms with Crippen LogP contribution in [-0.4, -0.2) is 55.3 Å². The second-order valence-corrected chi connectivity index (χ2v) is 6.73. The molecule has 0 aliphatic heterocycles. The van der Waals surface area contributed by atoms with E-state index < -0.39 is 18.0 Å². The van der Waals surface area contributed by atoms with Gasteiger partial charge in [-0.15, -0.1) is 0 Å². The molecular formula is C17H32NO4+. The Kier molecular flexibility index (Phi) is 10.5.